The van der Waals surface area contributed by atoms with Gasteiger partial charge in [-0.2, -0.15) is 0 Å². The van der Waals surface area contributed by atoms with Crippen molar-refractivity contribution in [2.24, 2.45) is 17.8 Å². The van der Waals surface area contributed by atoms with Crippen LogP contribution in [0.5, 0.6) is 5.75 Å². The number of fused-ring (bicyclic) bond motifs is 5. The predicted octanol–water partition coefficient (Wildman–Crippen LogP) is 5.18. The molecule has 30 heavy (non-hydrogen) atoms. The Bertz CT molecular complexity index is 765. The molecule has 0 spiro atoms. The number of ether oxygens (including phenoxy) is 2. The van der Waals surface area contributed by atoms with Gasteiger partial charge in [0.05, 0.1) is 24.7 Å². The van der Waals surface area contributed by atoms with Gasteiger partial charge in [-0.05, 0) is 88.0 Å². The van der Waals surface area contributed by atoms with Gasteiger partial charge in [-0.25, -0.2) is 0 Å². The van der Waals surface area contributed by atoms with E-state index in [9.17, 15) is 4.79 Å². The number of carbonyl (C=O) groups excluding carboxylic acids is 1. The summed E-state index contributed by atoms with van der Waals surface area (Å²) in [6, 6.07) is 6.71. The second-order valence-corrected chi connectivity index (χ2v) is 10.2. The monoisotopic (exact) mass is 477 g/mol. The zero-order chi connectivity index (χ0) is 21.3. The van der Waals surface area contributed by atoms with E-state index in [0.29, 0.717) is 30.3 Å². The normalized spacial score (nSPS) is 32.1. The summed E-state index contributed by atoms with van der Waals surface area (Å²) >= 11 is 3.46. The van der Waals surface area contributed by atoms with Crippen LogP contribution in [0.25, 0.3) is 0 Å². The van der Waals surface area contributed by atoms with E-state index >= 15 is 0 Å². The van der Waals surface area contributed by atoms with E-state index in [-0.39, 0.29) is 11.5 Å². The Hall–Kier alpha value is -1.07. The second kappa shape index (κ2) is 9.20. The van der Waals surface area contributed by atoms with Gasteiger partial charge in [-0.3, -0.25) is 4.79 Å². The number of aryl methyl sites for hydroxylation is 1. The lowest BCUT2D eigenvalue weighted by molar-refractivity contribution is -0.137. The van der Waals surface area contributed by atoms with E-state index in [0.717, 1.165) is 62.9 Å². The third-order valence-corrected chi connectivity index (χ3v) is 8.42. The number of nitrogens with zero attached hydrogens (tertiary/aromatic N) is 1. The van der Waals surface area contributed by atoms with Crippen LogP contribution in [0.4, 0.5) is 0 Å². The zero-order valence-electron chi connectivity index (χ0n) is 18.7. The van der Waals surface area contributed by atoms with Crippen molar-refractivity contribution < 1.29 is 14.3 Å². The minimum atomic E-state index is -0.148. The zero-order valence-corrected chi connectivity index (χ0v) is 20.2. The van der Waals surface area contributed by atoms with Crippen LogP contribution in [-0.2, 0) is 16.0 Å². The molecule has 0 aromatic heterocycles. The minimum Gasteiger partial charge on any atom is -0.494 e. The van der Waals surface area contributed by atoms with E-state index in [1.54, 1.807) is 0 Å². The number of amides is 1. The Morgan fingerprint density at radius 2 is 2.10 bits per heavy atom. The molecule has 1 saturated carbocycles. The summed E-state index contributed by atoms with van der Waals surface area (Å²) in [5.41, 5.74) is 2.79. The molecule has 166 valence electrons. The number of hydrogen-bond donors (Lipinski definition) is 0. The summed E-state index contributed by atoms with van der Waals surface area (Å²) in [7, 11) is 0. The van der Waals surface area contributed by atoms with Crippen molar-refractivity contribution in [3.05, 3.63) is 29.3 Å². The van der Waals surface area contributed by atoms with E-state index in [1.807, 2.05) is 4.90 Å². The second-order valence-electron chi connectivity index (χ2n) is 9.37. The van der Waals surface area contributed by atoms with Gasteiger partial charge in [-0.1, -0.05) is 22.0 Å². The molecule has 4 rings (SSSR count). The average Bonchev–Trinajstić information content (AvgIpc) is 3.12. The third kappa shape index (κ3) is 3.92. The molecule has 1 aliphatic heterocycles. The topological polar surface area (TPSA) is 38.8 Å². The Balaban J connectivity index is 1.57. The Morgan fingerprint density at radius 3 is 2.83 bits per heavy atom. The minimum absolute atomic E-state index is 0.0103. The first-order valence-corrected chi connectivity index (χ1v) is 12.9. The van der Waals surface area contributed by atoms with E-state index in [1.165, 1.54) is 11.1 Å². The largest absolute Gasteiger partial charge is 0.494 e. The summed E-state index contributed by atoms with van der Waals surface area (Å²) in [5.74, 6) is 2.70. The van der Waals surface area contributed by atoms with Gasteiger partial charge < -0.3 is 14.4 Å². The van der Waals surface area contributed by atoms with Crippen LogP contribution in [-0.4, -0.2) is 48.0 Å². The number of benzene rings is 1. The molecule has 5 heteroatoms. The lowest BCUT2D eigenvalue weighted by Crippen LogP contribution is -2.50. The number of carbonyl (C=O) groups is 1. The fourth-order valence-corrected chi connectivity index (χ4v) is 6.61. The summed E-state index contributed by atoms with van der Waals surface area (Å²) in [5, 5.41) is 0.970. The van der Waals surface area contributed by atoms with Gasteiger partial charge in [0.15, 0.2) is 0 Å². The van der Waals surface area contributed by atoms with Crippen LogP contribution in [0, 0.1) is 17.8 Å². The van der Waals surface area contributed by atoms with Crippen molar-refractivity contribution in [3.63, 3.8) is 0 Å². The predicted molar refractivity (Wildman–Crippen MR) is 123 cm³/mol. The molecule has 1 saturated heterocycles. The average molecular weight is 478 g/mol. The van der Waals surface area contributed by atoms with Gasteiger partial charge in [-0.15, -0.1) is 0 Å². The van der Waals surface area contributed by atoms with Crippen LogP contribution in [0.1, 0.15) is 63.5 Å². The van der Waals surface area contributed by atoms with Crippen molar-refractivity contribution >= 4 is 21.8 Å². The molecule has 1 aromatic carbocycles. The number of rotatable bonds is 7. The molecule has 2 aliphatic carbocycles. The van der Waals surface area contributed by atoms with E-state index in [2.05, 4.69) is 54.9 Å². The Kier molecular flexibility index (Phi) is 6.79. The maximum Gasteiger partial charge on any atom is 0.228 e. The van der Waals surface area contributed by atoms with Crippen molar-refractivity contribution in [2.75, 3.05) is 31.6 Å². The van der Waals surface area contributed by atoms with Crippen LogP contribution in [0.15, 0.2) is 18.2 Å². The molecular weight excluding hydrogens is 442 g/mol. The van der Waals surface area contributed by atoms with Gasteiger partial charge in [0.1, 0.15) is 5.75 Å². The van der Waals surface area contributed by atoms with Crippen LogP contribution in [0.2, 0.25) is 0 Å². The molecule has 3 aliphatic rings. The van der Waals surface area contributed by atoms with Gasteiger partial charge in [0, 0.05) is 24.3 Å². The molecule has 1 heterocycles. The molecule has 1 amide bonds. The maximum absolute atomic E-state index is 13.3. The number of hydrogen-bond acceptors (Lipinski definition) is 3. The van der Waals surface area contributed by atoms with Crippen LogP contribution < -0.4 is 4.74 Å². The molecule has 0 unspecified atom stereocenters. The van der Waals surface area contributed by atoms with Crippen LogP contribution >= 0.6 is 15.9 Å². The first-order chi connectivity index (χ1) is 14.5. The van der Waals surface area contributed by atoms with E-state index < -0.39 is 0 Å². The lowest BCUT2D eigenvalue weighted by Gasteiger charge is -2.49. The molecule has 0 bridgehead atoms. The lowest BCUT2D eigenvalue weighted by atomic mass is 9.56. The molecular formula is C25H36BrNO3. The fourth-order valence-electron chi connectivity index (χ4n) is 6.38. The van der Waals surface area contributed by atoms with Gasteiger partial charge >= 0.3 is 0 Å². The summed E-state index contributed by atoms with van der Waals surface area (Å²) in [4.78, 5) is 15.3. The molecule has 5 atom stereocenters. The van der Waals surface area contributed by atoms with Gasteiger partial charge in [0.25, 0.3) is 0 Å². The van der Waals surface area contributed by atoms with Crippen molar-refractivity contribution in [1.82, 2.24) is 4.90 Å². The molecule has 0 radical (unpaired) electrons. The maximum atomic E-state index is 13.3. The number of halogens is 1. The van der Waals surface area contributed by atoms with E-state index in [4.69, 9.17) is 9.47 Å². The summed E-state index contributed by atoms with van der Waals surface area (Å²) in [6.07, 6.45) is 5.44. The molecule has 2 fully saturated rings. The molecule has 1 aromatic rings. The first kappa shape index (κ1) is 22.1. The van der Waals surface area contributed by atoms with Gasteiger partial charge in [0.2, 0.25) is 5.91 Å². The van der Waals surface area contributed by atoms with Crippen LogP contribution in [0.3, 0.4) is 0 Å². The summed E-state index contributed by atoms with van der Waals surface area (Å²) < 4.78 is 12.3. The third-order valence-electron chi connectivity index (χ3n) is 7.86. The highest BCUT2D eigenvalue weighted by Gasteiger charge is 2.57. The highest BCUT2D eigenvalue weighted by Crippen LogP contribution is 2.57. The van der Waals surface area contributed by atoms with Crippen molar-refractivity contribution in [2.45, 2.75) is 64.4 Å². The molecule has 0 N–H and O–H groups in total. The standard InChI is InChI=1S/C25H36BrNO3/c1-4-27(5-2)24(28)22-16-30-25(3)12-11-20-19-10-8-18(29-14-6-13-26)15-17(19)7-9-21(20)23(22)25/h8,10,15,20-23H,4-7,9,11-14,16H2,1-3H3/t20-,21-,22+,23-,25+/m1/s1. The SMILES string of the molecule is CCN(CC)C(=O)[C@H]1CO[C@@]2(C)CC[C@@H]3c4ccc(OCCCBr)cc4CC[C@H]3[C@H]12. The Labute approximate surface area is 189 Å². The highest BCUT2D eigenvalue weighted by atomic mass is 79.9. The van der Waals surface area contributed by atoms with Crippen molar-refractivity contribution in [1.29, 1.82) is 0 Å². The quantitative estimate of drug-likeness (QED) is 0.401. The Morgan fingerprint density at radius 1 is 1.30 bits per heavy atom. The highest BCUT2D eigenvalue weighted by molar-refractivity contribution is 9.09. The molecule has 4 nitrogen and oxygen atoms in total. The fraction of sp³-hybridized carbons (Fsp3) is 0.720. The van der Waals surface area contributed by atoms with Crippen molar-refractivity contribution in [3.8, 4) is 5.75 Å². The first-order valence-electron chi connectivity index (χ1n) is 11.8. The number of alkyl halides is 1. The summed E-state index contributed by atoms with van der Waals surface area (Å²) in [6.45, 7) is 9.33. The smallest absolute Gasteiger partial charge is 0.228 e.